The first-order chi connectivity index (χ1) is 16.6. The Hall–Kier alpha value is -3.07. The third-order valence-corrected chi connectivity index (χ3v) is 6.32. The lowest BCUT2D eigenvalue weighted by Gasteiger charge is -2.35. The molecule has 0 radical (unpaired) electrons. The largest absolute Gasteiger partial charge is 0.378 e. The molecule has 8 nitrogen and oxygen atoms in total. The number of ketones is 1. The lowest BCUT2D eigenvalue weighted by atomic mass is 10.0. The van der Waals surface area contributed by atoms with Crippen LogP contribution in [0.25, 0.3) is 0 Å². The Morgan fingerprint density at radius 1 is 0.794 bits per heavy atom. The van der Waals surface area contributed by atoms with Crippen molar-refractivity contribution in [1.29, 1.82) is 0 Å². The molecule has 1 N–H and O–H groups in total. The Labute approximate surface area is 200 Å². The molecule has 0 bridgehead atoms. The zero-order chi connectivity index (χ0) is 23.8. The van der Waals surface area contributed by atoms with Gasteiger partial charge in [-0.2, -0.15) is 0 Å². The number of hydrogen-bond acceptors (Lipinski definition) is 6. The second kappa shape index (κ2) is 11.9. The molecule has 8 heteroatoms. The van der Waals surface area contributed by atoms with Crippen molar-refractivity contribution in [3.63, 3.8) is 0 Å². The number of hydrogen-bond donors (Lipinski definition) is 1. The number of rotatable bonds is 8. The van der Waals surface area contributed by atoms with Gasteiger partial charge in [0.2, 0.25) is 11.8 Å². The van der Waals surface area contributed by atoms with Gasteiger partial charge in [-0.05, 0) is 12.1 Å². The third kappa shape index (κ3) is 6.50. The number of nitrogens with one attached hydrogen (secondary N) is 1. The summed E-state index contributed by atoms with van der Waals surface area (Å²) in [5, 5.41) is 2.91. The fourth-order valence-corrected chi connectivity index (χ4v) is 4.28. The van der Waals surface area contributed by atoms with Crippen molar-refractivity contribution in [3.05, 3.63) is 65.7 Å². The molecule has 0 spiro atoms. The monoisotopic (exact) mass is 464 g/mol. The summed E-state index contributed by atoms with van der Waals surface area (Å²) in [7, 11) is 0. The van der Waals surface area contributed by atoms with Crippen molar-refractivity contribution in [2.45, 2.75) is 6.42 Å². The van der Waals surface area contributed by atoms with Gasteiger partial charge in [-0.1, -0.05) is 42.5 Å². The van der Waals surface area contributed by atoms with Crippen LogP contribution >= 0.6 is 0 Å². The average molecular weight is 465 g/mol. The normalized spacial score (nSPS) is 17.4. The third-order valence-electron chi connectivity index (χ3n) is 6.32. The summed E-state index contributed by atoms with van der Waals surface area (Å²) in [5.74, 6) is -0.0580. The second-order valence-electron chi connectivity index (χ2n) is 8.65. The smallest absolute Gasteiger partial charge is 0.236 e. The van der Waals surface area contributed by atoms with Crippen molar-refractivity contribution >= 4 is 23.3 Å². The van der Waals surface area contributed by atoms with Crippen molar-refractivity contribution in [2.75, 3.05) is 70.9 Å². The van der Waals surface area contributed by atoms with Gasteiger partial charge in [0.05, 0.1) is 25.4 Å². The highest BCUT2D eigenvalue weighted by atomic mass is 16.5. The van der Waals surface area contributed by atoms with Crippen molar-refractivity contribution in [1.82, 2.24) is 14.7 Å². The lowest BCUT2D eigenvalue weighted by molar-refractivity contribution is -0.136. The van der Waals surface area contributed by atoms with Gasteiger partial charge in [-0.3, -0.25) is 19.3 Å². The quantitative estimate of drug-likeness (QED) is 0.599. The number of nitrogens with zero attached hydrogens (tertiary/aromatic N) is 3. The van der Waals surface area contributed by atoms with E-state index in [1.54, 1.807) is 30.3 Å². The van der Waals surface area contributed by atoms with Crippen LogP contribution in [0.5, 0.6) is 0 Å². The lowest BCUT2D eigenvalue weighted by Crippen LogP contribution is -2.51. The molecule has 4 rings (SSSR count). The minimum absolute atomic E-state index is 0.112. The van der Waals surface area contributed by atoms with E-state index in [1.807, 2.05) is 29.2 Å². The zero-order valence-corrected chi connectivity index (χ0v) is 19.4. The van der Waals surface area contributed by atoms with Gasteiger partial charge in [0.25, 0.3) is 0 Å². The summed E-state index contributed by atoms with van der Waals surface area (Å²) in [6.45, 7) is 6.95. The number of anilines is 1. The van der Waals surface area contributed by atoms with Crippen LogP contribution in [0.1, 0.15) is 22.3 Å². The second-order valence-corrected chi connectivity index (χ2v) is 8.65. The summed E-state index contributed by atoms with van der Waals surface area (Å²) in [4.78, 5) is 44.2. The summed E-state index contributed by atoms with van der Waals surface area (Å²) < 4.78 is 5.31. The van der Waals surface area contributed by atoms with Crippen LogP contribution in [-0.2, 0) is 14.3 Å². The van der Waals surface area contributed by atoms with E-state index in [9.17, 15) is 14.4 Å². The number of amides is 2. The van der Waals surface area contributed by atoms with Crippen LogP contribution < -0.4 is 5.32 Å². The van der Waals surface area contributed by atoms with E-state index >= 15 is 0 Å². The highest BCUT2D eigenvalue weighted by Gasteiger charge is 2.23. The molecule has 2 heterocycles. The summed E-state index contributed by atoms with van der Waals surface area (Å²) in [6, 6.07) is 16.2. The number of para-hydroxylation sites is 1. The van der Waals surface area contributed by atoms with Crippen LogP contribution in [0, 0.1) is 0 Å². The maximum Gasteiger partial charge on any atom is 0.236 e. The standard InChI is InChI=1S/C26H32N4O4/c31-24(27-23-9-5-4-8-22(23)26(33)21-6-2-1-3-7-21)10-11-28-12-14-29(15-13-28)20-25(32)30-16-18-34-19-17-30/h1-9H,10-20H2,(H,27,31). The van der Waals surface area contributed by atoms with Gasteiger partial charge in [0.15, 0.2) is 5.78 Å². The molecular formula is C26H32N4O4. The molecule has 0 saturated carbocycles. The molecule has 2 aliphatic heterocycles. The average Bonchev–Trinajstić information content (AvgIpc) is 2.89. The Morgan fingerprint density at radius 3 is 2.18 bits per heavy atom. The highest BCUT2D eigenvalue weighted by Crippen LogP contribution is 2.19. The number of ether oxygens (including phenoxy) is 1. The Bertz CT molecular complexity index is 983. The van der Waals surface area contributed by atoms with Gasteiger partial charge in [-0.15, -0.1) is 0 Å². The molecule has 0 aromatic heterocycles. The predicted octanol–water partition coefficient (Wildman–Crippen LogP) is 1.72. The maximum absolute atomic E-state index is 12.9. The number of carbonyl (C=O) groups excluding carboxylic acids is 3. The minimum Gasteiger partial charge on any atom is -0.378 e. The molecular weight excluding hydrogens is 432 g/mol. The topological polar surface area (TPSA) is 82.2 Å². The predicted molar refractivity (Wildman–Crippen MR) is 130 cm³/mol. The van der Waals surface area contributed by atoms with Crippen molar-refractivity contribution in [2.24, 2.45) is 0 Å². The van der Waals surface area contributed by atoms with Gasteiger partial charge >= 0.3 is 0 Å². The molecule has 34 heavy (non-hydrogen) atoms. The Morgan fingerprint density at radius 2 is 1.44 bits per heavy atom. The first-order valence-corrected chi connectivity index (χ1v) is 11.9. The van der Waals surface area contributed by atoms with E-state index in [-0.39, 0.29) is 17.6 Å². The molecule has 2 aliphatic rings. The number of piperazine rings is 1. The molecule has 0 aliphatic carbocycles. The van der Waals surface area contributed by atoms with Gasteiger partial charge in [-0.25, -0.2) is 0 Å². The molecule has 0 atom stereocenters. The van der Waals surface area contributed by atoms with Crippen LogP contribution in [0.2, 0.25) is 0 Å². The molecule has 2 amide bonds. The fourth-order valence-electron chi connectivity index (χ4n) is 4.28. The molecule has 2 saturated heterocycles. The fraction of sp³-hybridized carbons (Fsp3) is 0.423. The van der Waals surface area contributed by atoms with E-state index in [0.717, 1.165) is 26.2 Å². The molecule has 180 valence electrons. The minimum atomic E-state index is -0.113. The van der Waals surface area contributed by atoms with Crippen LogP contribution in [0.15, 0.2) is 54.6 Å². The number of morpholine rings is 1. The van der Waals surface area contributed by atoms with Crippen LogP contribution in [0.3, 0.4) is 0 Å². The first kappa shape index (κ1) is 24.1. The molecule has 2 aromatic carbocycles. The SMILES string of the molecule is O=C(CCN1CCN(CC(=O)N2CCOCC2)CC1)Nc1ccccc1C(=O)c1ccccc1. The Kier molecular flexibility index (Phi) is 8.41. The van der Waals surface area contributed by atoms with Gasteiger partial charge < -0.3 is 19.9 Å². The van der Waals surface area contributed by atoms with Gasteiger partial charge in [0, 0.05) is 63.4 Å². The van der Waals surface area contributed by atoms with E-state index in [2.05, 4.69) is 15.1 Å². The van der Waals surface area contributed by atoms with E-state index < -0.39 is 0 Å². The van der Waals surface area contributed by atoms with Crippen molar-refractivity contribution < 1.29 is 19.1 Å². The van der Waals surface area contributed by atoms with E-state index in [0.29, 0.717) is 62.6 Å². The van der Waals surface area contributed by atoms with Crippen LogP contribution in [-0.4, -0.2) is 97.9 Å². The highest BCUT2D eigenvalue weighted by molar-refractivity contribution is 6.13. The van der Waals surface area contributed by atoms with Crippen LogP contribution in [0.4, 0.5) is 5.69 Å². The summed E-state index contributed by atoms with van der Waals surface area (Å²) in [6.07, 6.45) is 0.348. The van der Waals surface area contributed by atoms with E-state index in [4.69, 9.17) is 4.74 Å². The first-order valence-electron chi connectivity index (χ1n) is 11.9. The molecule has 0 unspecified atom stereocenters. The number of carbonyl (C=O) groups is 3. The number of benzene rings is 2. The summed E-state index contributed by atoms with van der Waals surface area (Å²) >= 11 is 0. The van der Waals surface area contributed by atoms with E-state index in [1.165, 1.54) is 0 Å². The summed E-state index contributed by atoms with van der Waals surface area (Å²) in [5.41, 5.74) is 1.61. The zero-order valence-electron chi connectivity index (χ0n) is 19.4. The Balaban J connectivity index is 1.22. The molecule has 2 fully saturated rings. The van der Waals surface area contributed by atoms with Crippen molar-refractivity contribution in [3.8, 4) is 0 Å². The maximum atomic E-state index is 12.9. The van der Waals surface area contributed by atoms with Gasteiger partial charge in [0.1, 0.15) is 0 Å². The molecule has 2 aromatic rings.